The first kappa shape index (κ1) is 18.5. The Balaban J connectivity index is 1.71. The third-order valence-corrected chi connectivity index (χ3v) is 4.15. The molecule has 3 rings (SSSR count). The van der Waals surface area contributed by atoms with Crippen molar-refractivity contribution in [3.05, 3.63) is 66.4 Å². The molecule has 0 saturated carbocycles. The number of para-hydroxylation sites is 2. The van der Waals surface area contributed by atoms with E-state index in [1.54, 1.807) is 6.21 Å². The third-order valence-electron chi connectivity index (χ3n) is 4.15. The van der Waals surface area contributed by atoms with Crippen LogP contribution in [0.15, 0.2) is 65.9 Å². The van der Waals surface area contributed by atoms with Crippen molar-refractivity contribution in [2.75, 3.05) is 13.7 Å². The molecular weight excluding hydrogens is 342 g/mol. The van der Waals surface area contributed by atoms with Crippen molar-refractivity contribution in [2.24, 2.45) is 11.0 Å². The molecule has 0 fully saturated rings. The molecule has 0 radical (unpaired) electrons. The fraction of sp³-hybridized carbons (Fsp3) is 0.238. The highest BCUT2D eigenvalue weighted by Gasteiger charge is 2.10. The van der Waals surface area contributed by atoms with Gasteiger partial charge < -0.3 is 14.0 Å². The van der Waals surface area contributed by atoms with Crippen LogP contribution >= 0.6 is 0 Å². The summed E-state index contributed by atoms with van der Waals surface area (Å²) in [5.74, 6) is 1.20. The average Bonchev–Trinajstić information content (AvgIpc) is 3.04. The Morgan fingerprint density at radius 3 is 2.70 bits per heavy atom. The molecular formula is C21H23N3O3. The molecule has 2 aromatic carbocycles. The Labute approximate surface area is 158 Å². The number of hydrogen-bond acceptors (Lipinski definition) is 4. The van der Waals surface area contributed by atoms with Gasteiger partial charge in [0, 0.05) is 35.1 Å². The van der Waals surface area contributed by atoms with Crippen molar-refractivity contribution < 1.29 is 14.3 Å². The summed E-state index contributed by atoms with van der Waals surface area (Å²) in [6.45, 7) is 3.60. The van der Waals surface area contributed by atoms with E-state index in [0.29, 0.717) is 12.5 Å². The fourth-order valence-corrected chi connectivity index (χ4v) is 2.87. The number of rotatable bonds is 7. The molecule has 0 spiro atoms. The van der Waals surface area contributed by atoms with Crippen molar-refractivity contribution in [2.45, 2.75) is 13.5 Å². The zero-order chi connectivity index (χ0) is 19.1. The summed E-state index contributed by atoms with van der Waals surface area (Å²) in [7, 11) is 1.30. The van der Waals surface area contributed by atoms with Crippen LogP contribution < -0.4 is 10.2 Å². The van der Waals surface area contributed by atoms with Gasteiger partial charge in [0.15, 0.2) is 0 Å². The number of hydrazone groups is 1. The van der Waals surface area contributed by atoms with Gasteiger partial charge in [0.2, 0.25) is 0 Å². The molecule has 0 aliphatic heterocycles. The number of carbonyl (C=O) groups excluding carboxylic acids is 1. The molecule has 1 unspecified atom stereocenters. The van der Waals surface area contributed by atoms with Gasteiger partial charge in [0.25, 0.3) is 0 Å². The highest BCUT2D eigenvalue weighted by atomic mass is 16.5. The van der Waals surface area contributed by atoms with E-state index in [-0.39, 0.29) is 0 Å². The number of nitrogens with one attached hydrogen (secondary N) is 1. The molecule has 6 heteroatoms. The molecule has 0 saturated heterocycles. The number of amides is 1. The van der Waals surface area contributed by atoms with Gasteiger partial charge in [0.1, 0.15) is 5.75 Å². The van der Waals surface area contributed by atoms with E-state index in [1.165, 1.54) is 7.11 Å². The van der Waals surface area contributed by atoms with Crippen molar-refractivity contribution in [3.63, 3.8) is 0 Å². The van der Waals surface area contributed by atoms with Gasteiger partial charge in [-0.15, -0.1) is 0 Å². The summed E-state index contributed by atoms with van der Waals surface area (Å²) >= 11 is 0. The summed E-state index contributed by atoms with van der Waals surface area (Å²) in [5.41, 5.74) is 4.36. The molecule has 0 aliphatic carbocycles. The van der Waals surface area contributed by atoms with Crippen molar-refractivity contribution in [1.29, 1.82) is 0 Å². The Morgan fingerprint density at radius 2 is 1.93 bits per heavy atom. The molecule has 0 bridgehead atoms. The Hall–Kier alpha value is -3.28. The normalized spacial score (nSPS) is 12.2. The Morgan fingerprint density at radius 1 is 1.19 bits per heavy atom. The zero-order valence-corrected chi connectivity index (χ0v) is 15.5. The van der Waals surface area contributed by atoms with E-state index >= 15 is 0 Å². The number of benzene rings is 2. The second-order valence-electron chi connectivity index (χ2n) is 6.34. The fourth-order valence-electron chi connectivity index (χ4n) is 2.87. The lowest BCUT2D eigenvalue weighted by Crippen LogP contribution is -2.16. The molecule has 27 heavy (non-hydrogen) atoms. The molecule has 1 aromatic heterocycles. The van der Waals surface area contributed by atoms with Gasteiger partial charge in [-0.25, -0.2) is 10.2 Å². The minimum absolute atomic E-state index is 0.319. The highest BCUT2D eigenvalue weighted by Crippen LogP contribution is 2.21. The van der Waals surface area contributed by atoms with Crippen LogP contribution in [-0.2, 0) is 11.3 Å². The van der Waals surface area contributed by atoms with Gasteiger partial charge in [-0.3, -0.25) is 0 Å². The molecule has 0 aliphatic rings. The number of carbonyl (C=O) groups is 1. The summed E-state index contributed by atoms with van der Waals surface area (Å²) in [6, 6.07) is 17.9. The standard InChI is InChI=1S/C21H23N3O3/c1-16(15-27-18-8-4-3-5-9-18)13-24-14-17(12-22-23-21(25)26-2)19-10-6-7-11-20(19)24/h3-12,14,16H,13,15H2,1-2H3,(H,23,25). The number of methoxy groups -OCH3 is 1. The maximum Gasteiger partial charge on any atom is 0.427 e. The van der Waals surface area contributed by atoms with E-state index in [4.69, 9.17) is 4.74 Å². The van der Waals surface area contributed by atoms with Gasteiger partial charge in [-0.1, -0.05) is 43.3 Å². The van der Waals surface area contributed by atoms with Crippen LogP contribution in [0.2, 0.25) is 0 Å². The molecule has 1 atom stereocenters. The summed E-state index contributed by atoms with van der Waals surface area (Å²) < 4.78 is 12.6. The van der Waals surface area contributed by atoms with E-state index in [2.05, 4.69) is 32.8 Å². The first-order chi connectivity index (χ1) is 13.2. The second kappa shape index (κ2) is 8.89. The van der Waals surface area contributed by atoms with Gasteiger partial charge in [0.05, 0.1) is 19.9 Å². The predicted molar refractivity (Wildman–Crippen MR) is 106 cm³/mol. The number of hydrogen-bond donors (Lipinski definition) is 1. The van der Waals surface area contributed by atoms with E-state index in [0.717, 1.165) is 28.8 Å². The van der Waals surface area contributed by atoms with Crippen LogP contribution in [-0.4, -0.2) is 30.6 Å². The largest absolute Gasteiger partial charge is 0.493 e. The lowest BCUT2D eigenvalue weighted by atomic mass is 10.2. The second-order valence-corrected chi connectivity index (χ2v) is 6.34. The monoisotopic (exact) mass is 365 g/mol. The van der Waals surface area contributed by atoms with Crippen molar-refractivity contribution >= 4 is 23.2 Å². The van der Waals surface area contributed by atoms with Crippen LogP contribution in [0.3, 0.4) is 0 Å². The van der Waals surface area contributed by atoms with Crippen LogP contribution in [0.4, 0.5) is 4.79 Å². The first-order valence-corrected chi connectivity index (χ1v) is 8.80. The van der Waals surface area contributed by atoms with E-state index < -0.39 is 6.09 Å². The molecule has 3 aromatic rings. The summed E-state index contributed by atoms with van der Waals surface area (Å²) in [4.78, 5) is 11.1. The zero-order valence-electron chi connectivity index (χ0n) is 15.5. The lowest BCUT2D eigenvalue weighted by Gasteiger charge is -2.14. The first-order valence-electron chi connectivity index (χ1n) is 8.80. The van der Waals surface area contributed by atoms with E-state index in [9.17, 15) is 4.79 Å². The molecule has 140 valence electrons. The summed E-state index contributed by atoms with van der Waals surface area (Å²) in [6.07, 6.45) is 3.06. The molecule has 1 heterocycles. The number of aromatic nitrogens is 1. The number of nitrogens with zero attached hydrogens (tertiary/aromatic N) is 2. The van der Waals surface area contributed by atoms with Crippen LogP contribution in [0.1, 0.15) is 12.5 Å². The molecule has 1 N–H and O–H groups in total. The smallest absolute Gasteiger partial charge is 0.427 e. The topological polar surface area (TPSA) is 64.8 Å². The summed E-state index contributed by atoms with van der Waals surface area (Å²) in [5, 5.41) is 5.02. The minimum atomic E-state index is -0.596. The SMILES string of the molecule is COC(=O)NN=Cc1cn(CC(C)COc2ccccc2)c2ccccc12. The molecule has 1 amide bonds. The van der Waals surface area contributed by atoms with Crippen molar-refractivity contribution in [1.82, 2.24) is 9.99 Å². The van der Waals surface area contributed by atoms with Crippen LogP contribution in [0.25, 0.3) is 10.9 Å². The minimum Gasteiger partial charge on any atom is -0.493 e. The third kappa shape index (κ3) is 4.88. The quantitative estimate of drug-likeness (QED) is 0.507. The van der Waals surface area contributed by atoms with Crippen LogP contribution in [0, 0.1) is 5.92 Å². The lowest BCUT2D eigenvalue weighted by molar-refractivity contribution is 0.171. The highest BCUT2D eigenvalue weighted by molar-refractivity contribution is 5.99. The predicted octanol–water partition coefficient (Wildman–Crippen LogP) is 4.05. The maximum atomic E-state index is 11.1. The Bertz CT molecular complexity index is 919. The van der Waals surface area contributed by atoms with Gasteiger partial charge in [-0.05, 0) is 18.2 Å². The van der Waals surface area contributed by atoms with Gasteiger partial charge in [-0.2, -0.15) is 5.10 Å². The molecule has 6 nitrogen and oxygen atoms in total. The maximum absolute atomic E-state index is 11.1. The van der Waals surface area contributed by atoms with Crippen molar-refractivity contribution in [3.8, 4) is 5.75 Å². The number of ether oxygens (including phenoxy) is 2. The van der Waals surface area contributed by atoms with Gasteiger partial charge >= 0.3 is 6.09 Å². The number of fused-ring (bicyclic) bond motifs is 1. The van der Waals surface area contributed by atoms with E-state index in [1.807, 2.05) is 54.7 Å². The average molecular weight is 365 g/mol. The van der Waals surface area contributed by atoms with Crippen LogP contribution in [0.5, 0.6) is 5.75 Å². The Kier molecular flexibility index (Phi) is 6.10.